The molecule has 2 heterocycles. The van der Waals surface area contributed by atoms with Crippen molar-refractivity contribution in [3.8, 4) is 17.1 Å². The van der Waals surface area contributed by atoms with Gasteiger partial charge in [-0.15, -0.1) is 11.8 Å². The largest absolute Gasteiger partial charge is 0.495 e. The quantitative estimate of drug-likeness (QED) is 0.333. The Labute approximate surface area is 208 Å². The third kappa shape index (κ3) is 5.72. The van der Waals surface area contributed by atoms with E-state index in [0.717, 1.165) is 39.5 Å². The smallest absolute Gasteiger partial charge is 0.227 e. The van der Waals surface area contributed by atoms with E-state index in [-0.39, 0.29) is 5.91 Å². The van der Waals surface area contributed by atoms with Crippen LogP contribution in [0.2, 0.25) is 0 Å². The van der Waals surface area contributed by atoms with Crippen molar-refractivity contribution >= 4 is 45.9 Å². The predicted molar refractivity (Wildman–Crippen MR) is 142 cm³/mol. The average molecular weight is 492 g/mol. The number of amides is 1. The summed E-state index contributed by atoms with van der Waals surface area (Å²) < 4.78 is 7.48. The molecule has 0 aliphatic heterocycles. The van der Waals surface area contributed by atoms with E-state index in [4.69, 9.17) is 9.72 Å². The highest BCUT2D eigenvalue weighted by Crippen LogP contribution is 2.38. The molecule has 9 nitrogen and oxygen atoms in total. The van der Waals surface area contributed by atoms with Gasteiger partial charge in [-0.2, -0.15) is 5.10 Å². The molecule has 0 aliphatic rings. The van der Waals surface area contributed by atoms with Crippen LogP contribution >= 0.6 is 11.8 Å². The van der Waals surface area contributed by atoms with Gasteiger partial charge >= 0.3 is 0 Å². The molecule has 0 radical (unpaired) electrons. The van der Waals surface area contributed by atoms with Crippen LogP contribution in [-0.2, 0) is 11.8 Å². The molecule has 4 aromatic rings. The molecule has 0 bridgehead atoms. The van der Waals surface area contributed by atoms with Crippen LogP contribution in [0.3, 0.4) is 0 Å². The molecule has 0 unspecified atom stereocenters. The minimum absolute atomic E-state index is 0.142. The monoisotopic (exact) mass is 491 g/mol. The molecule has 2 N–H and O–H groups in total. The molecule has 1 amide bonds. The summed E-state index contributed by atoms with van der Waals surface area (Å²) >= 11 is 1.66. The summed E-state index contributed by atoms with van der Waals surface area (Å²) in [6, 6.07) is 13.6. The SMILES string of the molecule is COc1cc(SCCN(C)C)c(NC(C)=O)cc1Nc1nccc(-c2c3ccccc3nn2C)n1. The Morgan fingerprint density at radius 1 is 1.17 bits per heavy atom. The standard InChI is InChI=1S/C25H29N7O2S/c1-16(33)27-21-14-20(22(34-5)15-23(21)35-13-12-31(2)3)29-25-26-11-10-19(28-25)24-17-8-6-7-9-18(17)30-32(24)4/h6-11,14-15H,12-13H2,1-5H3,(H,27,33)(H,26,28,29). The number of carbonyl (C=O) groups is 1. The van der Waals surface area contributed by atoms with Crippen LogP contribution in [-0.4, -0.2) is 64.1 Å². The van der Waals surface area contributed by atoms with Crippen molar-refractivity contribution in [3.05, 3.63) is 48.7 Å². The number of rotatable bonds is 9. The summed E-state index contributed by atoms with van der Waals surface area (Å²) in [5, 5.41) is 11.8. The van der Waals surface area contributed by atoms with Gasteiger partial charge in [-0.3, -0.25) is 9.48 Å². The Morgan fingerprint density at radius 2 is 1.97 bits per heavy atom. The van der Waals surface area contributed by atoms with Gasteiger partial charge in [0.15, 0.2) is 0 Å². The Hall–Kier alpha value is -3.63. The van der Waals surface area contributed by atoms with Gasteiger partial charge in [-0.1, -0.05) is 18.2 Å². The zero-order valence-electron chi connectivity index (χ0n) is 20.5. The van der Waals surface area contributed by atoms with E-state index in [9.17, 15) is 4.79 Å². The van der Waals surface area contributed by atoms with Crippen molar-refractivity contribution in [2.24, 2.45) is 7.05 Å². The molecule has 35 heavy (non-hydrogen) atoms. The number of hydrogen-bond donors (Lipinski definition) is 2. The molecular weight excluding hydrogens is 462 g/mol. The first kappa shape index (κ1) is 24.5. The Kier molecular flexibility index (Phi) is 7.52. The van der Waals surface area contributed by atoms with E-state index in [1.54, 1.807) is 25.1 Å². The molecule has 182 valence electrons. The van der Waals surface area contributed by atoms with Crippen LogP contribution < -0.4 is 15.4 Å². The van der Waals surface area contributed by atoms with E-state index in [2.05, 4.69) is 25.6 Å². The number of carbonyl (C=O) groups excluding carboxylic acids is 1. The lowest BCUT2D eigenvalue weighted by molar-refractivity contribution is -0.114. The van der Waals surface area contributed by atoms with E-state index < -0.39 is 0 Å². The minimum Gasteiger partial charge on any atom is -0.495 e. The summed E-state index contributed by atoms with van der Waals surface area (Å²) in [5.41, 5.74) is 3.92. The number of methoxy groups -OCH3 is 1. The number of nitrogens with one attached hydrogen (secondary N) is 2. The van der Waals surface area contributed by atoms with Crippen molar-refractivity contribution < 1.29 is 9.53 Å². The van der Waals surface area contributed by atoms with Crippen molar-refractivity contribution in [1.82, 2.24) is 24.6 Å². The van der Waals surface area contributed by atoms with E-state index in [0.29, 0.717) is 23.1 Å². The highest BCUT2D eigenvalue weighted by molar-refractivity contribution is 7.99. The molecule has 0 atom stereocenters. The lowest BCUT2D eigenvalue weighted by atomic mass is 10.1. The van der Waals surface area contributed by atoms with Crippen LogP contribution in [0.15, 0.2) is 53.6 Å². The molecule has 0 spiro atoms. The maximum Gasteiger partial charge on any atom is 0.227 e. The van der Waals surface area contributed by atoms with E-state index in [1.165, 1.54) is 6.92 Å². The fraction of sp³-hybridized carbons (Fsp3) is 0.280. The van der Waals surface area contributed by atoms with E-state index >= 15 is 0 Å². The number of benzene rings is 2. The molecule has 10 heteroatoms. The maximum atomic E-state index is 11.9. The highest BCUT2D eigenvalue weighted by Gasteiger charge is 2.16. The molecule has 2 aromatic carbocycles. The van der Waals surface area contributed by atoms with Gasteiger partial charge < -0.3 is 20.3 Å². The minimum atomic E-state index is -0.142. The molecule has 0 aliphatic carbocycles. The van der Waals surface area contributed by atoms with Crippen molar-refractivity contribution in [1.29, 1.82) is 0 Å². The predicted octanol–water partition coefficient (Wildman–Crippen LogP) is 4.39. The number of thioether (sulfide) groups is 1. The Bertz CT molecular complexity index is 1350. The zero-order valence-corrected chi connectivity index (χ0v) is 21.3. The fourth-order valence-corrected chi connectivity index (χ4v) is 4.83. The van der Waals surface area contributed by atoms with Crippen LogP contribution in [0, 0.1) is 0 Å². The number of anilines is 3. The second-order valence-electron chi connectivity index (χ2n) is 8.26. The van der Waals surface area contributed by atoms with Gasteiger partial charge in [0.05, 0.1) is 35.4 Å². The van der Waals surface area contributed by atoms with Crippen molar-refractivity contribution in [2.45, 2.75) is 11.8 Å². The molecule has 0 fully saturated rings. The highest BCUT2D eigenvalue weighted by atomic mass is 32.2. The number of aryl methyl sites for hydroxylation is 1. The molecule has 2 aromatic heterocycles. The first-order valence-electron chi connectivity index (χ1n) is 11.1. The number of nitrogens with zero attached hydrogens (tertiary/aromatic N) is 5. The summed E-state index contributed by atoms with van der Waals surface area (Å²) in [6.45, 7) is 2.41. The normalized spacial score (nSPS) is 11.1. The fourth-order valence-electron chi connectivity index (χ4n) is 3.69. The molecule has 0 saturated heterocycles. The van der Waals surface area contributed by atoms with Crippen LogP contribution in [0.25, 0.3) is 22.3 Å². The van der Waals surface area contributed by atoms with Crippen LogP contribution in [0.1, 0.15) is 6.92 Å². The van der Waals surface area contributed by atoms with Gasteiger partial charge in [-0.05, 0) is 38.4 Å². The molecule has 4 rings (SSSR count). The summed E-state index contributed by atoms with van der Waals surface area (Å²) in [6.07, 6.45) is 1.71. The van der Waals surface area contributed by atoms with Crippen LogP contribution in [0.4, 0.5) is 17.3 Å². The number of hydrogen-bond acceptors (Lipinski definition) is 8. The third-order valence-electron chi connectivity index (χ3n) is 5.29. The first-order valence-corrected chi connectivity index (χ1v) is 12.1. The number of aromatic nitrogens is 4. The second kappa shape index (κ2) is 10.7. The van der Waals surface area contributed by atoms with Gasteiger partial charge in [-0.25, -0.2) is 9.97 Å². The summed E-state index contributed by atoms with van der Waals surface area (Å²) in [4.78, 5) is 24.1. The molecule has 0 saturated carbocycles. The lowest BCUT2D eigenvalue weighted by Gasteiger charge is -2.17. The number of ether oxygens (including phenoxy) is 1. The summed E-state index contributed by atoms with van der Waals surface area (Å²) in [5.74, 6) is 1.77. The van der Waals surface area contributed by atoms with Gasteiger partial charge in [0.25, 0.3) is 0 Å². The topological polar surface area (TPSA) is 97.2 Å². The third-order valence-corrected chi connectivity index (χ3v) is 6.33. The van der Waals surface area contributed by atoms with Crippen LogP contribution in [0.5, 0.6) is 5.75 Å². The Balaban J connectivity index is 1.67. The van der Waals surface area contributed by atoms with Crippen molar-refractivity contribution in [3.63, 3.8) is 0 Å². The number of fused-ring (bicyclic) bond motifs is 1. The first-order chi connectivity index (χ1) is 16.9. The van der Waals surface area contributed by atoms with Gasteiger partial charge in [0, 0.05) is 42.7 Å². The maximum absolute atomic E-state index is 11.9. The average Bonchev–Trinajstić information content (AvgIpc) is 3.15. The second-order valence-corrected chi connectivity index (χ2v) is 9.40. The zero-order chi connectivity index (χ0) is 24.9. The Morgan fingerprint density at radius 3 is 2.71 bits per heavy atom. The lowest BCUT2D eigenvalue weighted by Crippen LogP contribution is -2.15. The van der Waals surface area contributed by atoms with E-state index in [1.807, 2.05) is 68.3 Å². The molecular formula is C25H29N7O2S. The van der Waals surface area contributed by atoms with Gasteiger partial charge in [0.1, 0.15) is 5.75 Å². The van der Waals surface area contributed by atoms with Gasteiger partial charge in [0.2, 0.25) is 11.9 Å². The summed E-state index contributed by atoms with van der Waals surface area (Å²) in [7, 11) is 7.59. The van der Waals surface area contributed by atoms with Crippen molar-refractivity contribution in [2.75, 3.05) is 44.1 Å².